The predicted octanol–water partition coefficient (Wildman–Crippen LogP) is 3.45. The Morgan fingerprint density at radius 3 is 2.52 bits per heavy atom. The smallest absolute Gasteiger partial charge is 0.224 e. The average Bonchev–Trinajstić information content (AvgIpc) is 3.30. The number of methoxy groups -OCH3 is 1. The third-order valence-electron chi connectivity index (χ3n) is 5.48. The number of hydrogen-bond donors (Lipinski definition) is 1. The van der Waals surface area contributed by atoms with Gasteiger partial charge >= 0.3 is 0 Å². The van der Waals surface area contributed by atoms with Crippen LogP contribution < -0.4 is 19.9 Å². The Balaban J connectivity index is 1.55. The first kappa shape index (κ1) is 22.4. The van der Waals surface area contributed by atoms with E-state index in [1.807, 2.05) is 24.3 Å². The lowest BCUT2D eigenvalue weighted by atomic mass is 10.0. The number of carboxylic acid groups (broad SMARTS) is 1. The number of carbonyl (C=O) groups is 2. The van der Waals surface area contributed by atoms with Crippen LogP contribution in [0.5, 0.6) is 11.5 Å². The second-order valence-electron chi connectivity index (χ2n) is 7.79. The summed E-state index contributed by atoms with van der Waals surface area (Å²) in [5.41, 5.74) is 1.37. The number of carbonyl (C=O) groups excluding carboxylic acids is 2. The fourth-order valence-corrected chi connectivity index (χ4v) is 3.75. The maximum absolute atomic E-state index is 12.2. The highest BCUT2D eigenvalue weighted by molar-refractivity contribution is 5.95. The van der Waals surface area contributed by atoms with Gasteiger partial charge in [0.15, 0.2) is 0 Å². The van der Waals surface area contributed by atoms with Gasteiger partial charge in [-0.15, -0.1) is 0 Å². The Labute approximate surface area is 182 Å². The lowest BCUT2D eigenvalue weighted by Gasteiger charge is -2.13. The van der Waals surface area contributed by atoms with Crippen LogP contribution in [0, 0.1) is 5.92 Å². The molecule has 1 aliphatic carbocycles. The Hall–Kier alpha value is -3.28. The summed E-state index contributed by atoms with van der Waals surface area (Å²) in [6, 6.07) is 14.6. The number of hydrogen-bond acceptors (Lipinski definition) is 5. The van der Waals surface area contributed by atoms with Crippen molar-refractivity contribution in [1.29, 1.82) is 0 Å². The van der Waals surface area contributed by atoms with E-state index >= 15 is 0 Å². The van der Waals surface area contributed by atoms with Gasteiger partial charge in [0.2, 0.25) is 5.91 Å². The number of aliphatic carboxylic acids is 1. The van der Waals surface area contributed by atoms with Gasteiger partial charge in [0.25, 0.3) is 0 Å². The molecule has 31 heavy (non-hydrogen) atoms. The molecular weight excluding hydrogens is 394 g/mol. The van der Waals surface area contributed by atoms with Crippen molar-refractivity contribution in [1.82, 2.24) is 5.32 Å². The van der Waals surface area contributed by atoms with E-state index in [2.05, 4.69) is 5.32 Å². The van der Waals surface area contributed by atoms with Crippen LogP contribution in [-0.2, 0) is 16.2 Å². The number of amides is 1. The van der Waals surface area contributed by atoms with E-state index in [-0.39, 0.29) is 11.6 Å². The van der Waals surface area contributed by atoms with Gasteiger partial charge in [0, 0.05) is 6.42 Å². The lowest BCUT2D eigenvalue weighted by molar-refractivity contribution is -0.299. The minimum Gasteiger partial charge on any atom is -0.543 e. The van der Waals surface area contributed by atoms with Crippen LogP contribution in [0.3, 0.4) is 0 Å². The third-order valence-corrected chi connectivity index (χ3v) is 5.48. The van der Waals surface area contributed by atoms with E-state index in [0.29, 0.717) is 30.3 Å². The summed E-state index contributed by atoms with van der Waals surface area (Å²) in [6.45, 7) is 0.383. The maximum atomic E-state index is 12.2. The molecule has 2 aromatic rings. The molecule has 6 heteroatoms. The van der Waals surface area contributed by atoms with Crippen LogP contribution >= 0.6 is 0 Å². The van der Waals surface area contributed by atoms with Crippen LogP contribution in [-0.4, -0.2) is 19.0 Å². The van der Waals surface area contributed by atoms with Crippen molar-refractivity contribution in [2.45, 2.75) is 45.1 Å². The van der Waals surface area contributed by atoms with Crippen LogP contribution in [0.25, 0.3) is 6.08 Å². The highest BCUT2D eigenvalue weighted by atomic mass is 16.5. The summed E-state index contributed by atoms with van der Waals surface area (Å²) < 4.78 is 11.0. The summed E-state index contributed by atoms with van der Waals surface area (Å²) >= 11 is 0. The predicted molar refractivity (Wildman–Crippen MR) is 116 cm³/mol. The van der Waals surface area contributed by atoms with Gasteiger partial charge in [-0.2, -0.15) is 0 Å². The minimum atomic E-state index is -1.41. The van der Waals surface area contributed by atoms with E-state index in [1.54, 1.807) is 31.4 Å². The molecule has 0 aliphatic heterocycles. The molecule has 0 spiro atoms. The van der Waals surface area contributed by atoms with Crippen LogP contribution in [0.15, 0.2) is 54.2 Å². The third kappa shape index (κ3) is 7.17. The number of benzene rings is 2. The molecule has 0 heterocycles. The standard InChI is InChI=1S/C25H29NO5/c1-30-22-8-4-7-20(15-22)17-31-21-12-9-19(10-13-21)16-23(25(28)29)26-24(27)14-11-18-5-2-3-6-18/h4,7-10,12-13,15-16,18H,2-3,5-6,11,14,17H2,1H3,(H,26,27)(H,28,29)/p-1/b23-16-. The van der Waals surface area contributed by atoms with E-state index in [4.69, 9.17) is 9.47 Å². The largest absolute Gasteiger partial charge is 0.543 e. The molecule has 164 valence electrons. The van der Waals surface area contributed by atoms with Gasteiger partial charge in [0.1, 0.15) is 18.1 Å². The van der Waals surface area contributed by atoms with Gasteiger partial charge in [-0.25, -0.2) is 0 Å². The molecule has 1 saturated carbocycles. The van der Waals surface area contributed by atoms with E-state index in [1.165, 1.54) is 18.9 Å². The highest BCUT2D eigenvalue weighted by Gasteiger charge is 2.16. The van der Waals surface area contributed by atoms with Crippen molar-refractivity contribution < 1.29 is 24.2 Å². The molecule has 0 radical (unpaired) electrons. The molecule has 0 saturated heterocycles. The van der Waals surface area contributed by atoms with Crippen molar-refractivity contribution >= 4 is 18.0 Å². The molecular formula is C25H28NO5-. The Kier molecular flexibility index (Phi) is 8.10. The van der Waals surface area contributed by atoms with Crippen LogP contribution in [0.2, 0.25) is 0 Å². The summed E-state index contributed by atoms with van der Waals surface area (Å²) in [5.74, 6) is 0.288. The summed E-state index contributed by atoms with van der Waals surface area (Å²) in [5, 5.41) is 13.9. The first-order valence-corrected chi connectivity index (χ1v) is 10.6. The minimum absolute atomic E-state index is 0.235. The van der Waals surface area contributed by atoms with E-state index in [9.17, 15) is 14.7 Å². The quantitative estimate of drug-likeness (QED) is 0.593. The van der Waals surface area contributed by atoms with E-state index < -0.39 is 5.97 Å². The molecule has 2 aromatic carbocycles. The van der Waals surface area contributed by atoms with Crippen molar-refractivity contribution in [2.24, 2.45) is 5.92 Å². The number of rotatable bonds is 10. The first-order valence-electron chi connectivity index (χ1n) is 10.6. The van der Waals surface area contributed by atoms with Crippen LogP contribution in [0.4, 0.5) is 0 Å². The molecule has 0 aromatic heterocycles. The Morgan fingerprint density at radius 2 is 1.84 bits per heavy atom. The highest BCUT2D eigenvalue weighted by Crippen LogP contribution is 2.28. The number of nitrogens with one attached hydrogen (secondary N) is 1. The van der Waals surface area contributed by atoms with E-state index in [0.717, 1.165) is 30.6 Å². The lowest BCUT2D eigenvalue weighted by Crippen LogP contribution is -2.35. The number of carboxylic acids is 1. The monoisotopic (exact) mass is 422 g/mol. The first-order chi connectivity index (χ1) is 15.0. The van der Waals surface area contributed by atoms with Crippen molar-refractivity contribution in [3.63, 3.8) is 0 Å². The molecule has 0 bridgehead atoms. The molecule has 0 atom stereocenters. The molecule has 1 fully saturated rings. The van der Waals surface area contributed by atoms with Gasteiger partial charge in [0.05, 0.1) is 18.8 Å². The fraction of sp³-hybridized carbons (Fsp3) is 0.360. The zero-order chi connectivity index (χ0) is 22.1. The molecule has 1 amide bonds. The van der Waals surface area contributed by atoms with Crippen LogP contribution in [0.1, 0.15) is 49.7 Å². The van der Waals surface area contributed by atoms with Crippen molar-refractivity contribution in [2.75, 3.05) is 7.11 Å². The second-order valence-corrected chi connectivity index (χ2v) is 7.79. The fourth-order valence-electron chi connectivity index (χ4n) is 3.75. The second kappa shape index (κ2) is 11.2. The van der Waals surface area contributed by atoms with Gasteiger partial charge in [-0.1, -0.05) is 49.9 Å². The van der Waals surface area contributed by atoms with Gasteiger partial charge in [-0.05, 0) is 53.8 Å². The Morgan fingerprint density at radius 1 is 1.10 bits per heavy atom. The van der Waals surface area contributed by atoms with Gasteiger partial charge < -0.3 is 24.7 Å². The number of ether oxygens (including phenoxy) is 2. The summed E-state index contributed by atoms with van der Waals surface area (Å²) in [4.78, 5) is 23.6. The molecule has 3 rings (SSSR count). The SMILES string of the molecule is COc1cccc(COc2ccc(/C=C(\NC(=O)CCC3CCCC3)C(=O)[O-])cc2)c1. The topological polar surface area (TPSA) is 87.7 Å². The summed E-state index contributed by atoms with van der Waals surface area (Å²) in [6.07, 6.45) is 7.27. The van der Waals surface area contributed by atoms with Crippen molar-refractivity contribution in [3.05, 3.63) is 65.4 Å². The molecule has 0 unspecified atom stereocenters. The molecule has 1 N–H and O–H groups in total. The zero-order valence-corrected chi connectivity index (χ0v) is 17.8. The molecule has 6 nitrogen and oxygen atoms in total. The van der Waals surface area contributed by atoms with Gasteiger partial charge in [-0.3, -0.25) is 4.79 Å². The average molecular weight is 423 g/mol. The maximum Gasteiger partial charge on any atom is 0.224 e. The normalized spacial score (nSPS) is 14.3. The van der Waals surface area contributed by atoms with Crippen molar-refractivity contribution in [3.8, 4) is 11.5 Å². The summed E-state index contributed by atoms with van der Waals surface area (Å²) in [7, 11) is 1.62. The Bertz CT molecular complexity index is 914. The zero-order valence-electron chi connectivity index (χ0n) is 17.8. The molecule has 1 aliphatic rings.